The highest BCUT2D eigenvalue weighted by molar-refractivity contribution is 7.92. The molecule has 0 atom stereocenters. The molecule has 9 heteroatoms. The minimum Gasteiger partial charge on any atom is -0.490 e. The number of amides is 1. The molecule has 0 saturated heterocycles. The monoisotopic (exact) mass is 498 g/mol. The number of para-hydroxylation sites is 1. The minimum atomic E-state index is -3.70. The minimum absolute atomic E-state index is 0.215. The van der Waals surface area contributed by atoms with Crippen molar-refractivity contribution in [3.63, 3.8) is 0 Å². The van der Waals surface area contributed by atoms with Crippen LogP contribution < -0.4 is 23.8 Å². The molecular weight excluding hydrogens is 468 g/mol. The lowest BCUT2D eigenvalue weighted by Crippen LogP contribution is -2.40. The van der Waals surface area contributed by atoms with Gasteiger partial charge in [-0.15, -0.1) is 0 Å². The first-order chi connectivity index (χ1) is 16.8. The summed E-state index contributed by atoms with van der Waals surface area (Å²) in [5, 5.41) is 2.77. The molecule has 0 saturated carbocycles. The fourth-order valence-electron chi connectivity index (χ4n) is 3.30. The van der Waals surface area contributed by atoms with Gasteiger partial charge in [-0.3, -0.25) is 9.10 Å². The smallest absolute Gasteiger partial charge is 0.241 e. The second-order valence-corrected chi connectivity index (χ2v) is 9.51. The topological polar surface area (TPSA) is 94.2 Å². The van der Waals surface area contributed by atoms with Gasteiger partial charge < -0.3 is 19.5 Å². The van der Waals surface area contributed by atoms with Gasteiger partial charge in [0.05, 0.1) is 25.2 Å². The number of nitrogens with one attached hydrogen (secondary N) is 1. The molecule has 8 nitrogen and oxygen atoms in total. The molecule has 35 heavy (non-hydrogen) atoms. The van der Waals surface area contributed by atoms with Crippen LogP contribution in [0, 0.1) is 0 Å². The Morgan fingerprint density at radius 1 is 0.857 bits per heavy atom. The first kappa shape index (κ1) is 25.9. The first-order valence-corrected chi connectivity index (χ1v) is 13.1. The van der Waals surface area contributed by atoms with Crippen molar-refractivity contribution in [3.05, 3.63) is 78.4 Å². The number of rotatable bonds is 12. The van der Waals surface area contributed by atoms with Crippen LogP contribution in [0.25, 0.3) is 0 Å². The summed E-state index contributed by atoms with van der Waals surface area (Å²) in [5.74, 6) is 2.01. The van der Waals surface area contributed by atoms with Gasteiger partial charge in [-0.05, 0) is 67.9 Å². The molecule has 0 aliphatic carbocycles. The lowest BCUT2D eigenvalue weighted by Gasteiger charge is -2.22. The van der Waals surface area contributed by atoms with Gasteiger partial charge >= 0.3 is 0 Å². The van der Waals surface area contributed by atoms with Crippen LogP contribution in [0.3, 0.4) is 0 Å². The van der Waals surface area contributed by atoms with E-state index < -0.39 is 15.9 Å². The molecule has 186 valence electrons. The fourth-order valence-corrected chi connectivity index (χ4v) is 4.15. The SMILES string of the molecule is CCOc1ccc(CNC(=O)CN(c2ccc(Oc3ccccc3)cc2)S(C)(=O)=O)cc1OCC. The number of carbonyl (C=O) groups is 1. The predicted octanol–water partition coefficient (Wildman–Crippen LogP) is 4.36. The quantitative estimate of drug-likeness (QED) is 0.399. The number of sulfonamides is 1. The molecule has 0 aliphatic heterocycles. The van der Waals surface area contributed by atoms with E-state index in [1.165, 1.54) is 0 Å². The van der Waals surface area contributed by atoms with Crippen molar-refractivity contribution in [3.8, 4) is 23.0 Å². The van der Waals surface area contributed by atoms with Gasteiger partial charge in [0.2, 0.25) is 15.9 Å². The molecular formula is C26H30N2O6S. The van der Waals surface area contributed by atoms with E-state index >= 15 is 0 Å². The molecule has 0 spiro atoms. The Bertz CT molecular complexity index is 1210. The van der Waals surface area contributed by atoms with Crippen LogP contribution in [0.15, 0.2) is 72.8 Å². The average Bonchev–Trinajstić information content (AvgIpc) is 2.83. The van der Waals surface area contributed by atoms with Gasteiger partial charge in [-0.1, -0.05) is 24.3 Å². The first-order valence-electron chi connectivity index (χ1n) is 11.3. The molecule has 3 rings (SSSR count). The molecule has 0 aromatic heterocycles. The molecule has 0 fully saturated rings. The van der Waals surface area contributed by atoms with Crippen molar-refractivity contribution >= 4 is 21.6 Å². The summed E-state index contributed by atoms with van der Waals surface area (Å²) < 4.78 is 42.8. The van der Waals surface area contributed by atoms with E-state index in [1.807, 2.05) is 50.2 Å². The summed E-state index contributed by atoms with van der Waals surface area (Å²) in [6.45, 7) is 4.62. The molecule has 0 aliphatic rings. The van der Waals surface area contributed by atoms with Crippen molar-refractivity contribution in [2.24, 2.45) is 0 Å². The average molecular weight is 499 g/mol. The third-order valence-electron chi connectivity index (χ3n) is 4.89. The maximum atomic E-state index is 12.6. The van der Waals surface area contributed by atoms with Crippen LogP contribution in [0.5, 0.6) is 23.0 Å². The number of nitrogens with zero attached hydrogens (tertiary/aromatic N) is 1. The maximum Gasteiger partial charge on any atom is 0.241 e. The van der Waals surface area contributed by atoms with Gasteiger partial charge in [-0.25, -0.2) is 8.42 Å². The third-order valence-corrected chi connectivity index (χ3v) is 6.03. The van der Waals surface area contributed by atoms with Crippen molar-refractivity contribution < 1.29 is 27.4 Å². The number of anilines is 1. The third kappa shape index (κ3) is 7.65. The summed E-state index contributed by atoms with van der Waals surface area (Å²) in [7, 11) is -3.70. The normalized spacial score (nSPS) is 10.9. The summed E-state index contributed by atoms with van der Waals surface area (Å²) in [6.07, 6.45) is 1.06. The highest BCUT2D eigenvalue weighted by Crippen LogP contribution is 2.29. The Morgan fingerprint density at radius 2 is 1.49 bits per heavy atom. The zero-order chi connectivity index (χ0) is 25.3. The molecule has 0 unspecified atom stereocenters. The van der Waals surface area contributed by atoms with Gasteiger partial charge in [0, 0.05) is 6.54 Å². The fraction of sp³-hybridized carbons (Fsp3) is 0.269. The van der Waals surface area contributed by atoms with E-state index in [0.717, 1.165) is 16.1 Å². The molecule has 3 aromatic rings. The Hall–Kier alpha value is -3.72. The van der Waals surface area contributed by atoms with E-state index in [-0.39, 0.29) is 13.1 Å². The Morgan fingerprint density at radius 3 is 2.11 bits per heavy atom. The second-order valence-electron chi connectivity index (χ2n) is 7.60. The molecule has 1 N–H and O–H groups in total. The number of ether oxygens (including phenoxy) is 3. The summed E-state index contributed by atoms with van der Waals surface area (Å²) in [4.78, 5) is 12.6. The Labute approximate surface area is 206 Å². The number of hydrogen-bond donors (Lipinski definition) is 1. The Balaban J connectivity index is 1.66. The Kier molecular flexibility index (Phi) is 8.97. The van der Waals surface area contributed by atoms with Crippen LogP contribution in [0.4, 0.5) is 5.69 Å². The molecule has 3 aromatic carbocycles. The van der Waals surface area contributed by atoms with Crippen molar-refractivity contribution in [1.82, 2.24) is 5.32 Å². The number of carbonyl (C=O) groups excluding carboxylic acids is 1. The van der Waals surface area contributed by atoms with E-state index in [2.05, 4.69) is 5.32 Å². The zero-order valence-electron chi connectivity index (χ0n) is 20.1. The number of hydrogen-bond acceptors (Lipinski definition) is 6. The number of benzene rings is 3. The molecule has 0 bridgehead atoms. The van der Waals surface area contributed by atoms with Crippen LogP contribution in [-0.2, 0) is 21.4 Å². The highest BCUT2D eigenvalue weighted by Gasteiger charge is 2.21. The summed E-state index contributed by atoms with van der Waals surface area (Å²) in [5.41, 5.74) is 1.17. The largest absolute Gasteiger partial charge is 0.490 e. The molecule has 0 heterocycles. The maximum absolute atomic E-state index is 12.6. The van der Waals surface area contributed by atoms with Crippen LogP contribution >= 0.6 is 0 Å². The van der Waals surface area contributed by atoms with Gasteiger partial charge in [0.25, 0.3) is 0 Å². The van der Waals surface area contributed by atoms with Crippen molar-refractivity contribution in [1.29, 1.82) is 0 Å². The van der Waals surface area contributed by atoms with E-state index in [0.29, 0.717) is 41.9 Å². The van der Waals surface area contributed by atoms with Crippen molar-refractivity contribution in [2.45, 2.75) is 20.4 Å². The molecule has 1 amide bonds. The van der Waals surface area contributed by atoms with E-state index in [9.17, 15) is 13.2 Å². The van der Waals surface area contributed by atoms with Crippen LogP contribution in [0.2, 0.25) is 0 Å². The predicted molar refractivity (Wildman–Crippen MR) is 136 cm³/mol. The molecule has 0 radical (unpaired) electrons. The standard InChI is InChI=1S/C26H30N2O6S/c1-4-32-24-16-11-20(17-25(24)33-5-2)18-27-26(29)19-28(35(3,30)31)21-12-14-23(15-13-21)34-22-9-7-6-8-10-22/h6-17H,4-5,18-19H2,1-3H3,(H,27,29). The van der Waals surface area contributed by atoms with Gasteiger partial charge in [0.1, 0.15) is 18.0 Å². The second kappa shape index (κ2) is 12.1. The summed E-state index contributed by atoms with van der Waals surface area (Å²) in [6, 6.07) is 21.2. The van der Waals surface area contributed by atoms with E-state index in [1.54, 1.807) is 36.4 Å². The van der Waals surface area contributed by atoms with Crippen LogP contribution in [0.1, 0.15) is 19.4 Å². The van der Waals surface area contributed by atoms with E-state index in [4.69, 9.17) is 14.2 Å². The summed E-state index contributed by atoms with van der Waals surface area (Å²) >= 11 is 0. The van der Waals surface area contributed by atoms with Gasteiger partial charge in [-0.2, -0.15) is 0 Å². The zero-order valence-corrected chi connectivity index (χ0v) is 20.9. The van der Waals surface area contributed by atoms with Crippen molar-refractivity contribution in [2.75, 3.05) is 30.3 Å². The lowest BCUT2D eigenvalue weighted by atomic mass is 10.2. The lowest BCUT2D eigenvalue weighted by molar-refractivity contribution is -0.119. The highest BCUT2D eigenvalue weighted by atomic mass is 32.2. The van der Waals surface area contributed by atoms with Crippen LogP contribution in [-0.4, -0.2) is 40.3 Å². The van der Waals surface area contributed by atoms with Gasteiger partial charge in [0.15, 0.2) is 11.5 Å².